The molecule has 0 aromatic carbocycles. The first kappa shape index (κ1) is 28.4. The maximum absolute atomic E-state index is 12.8. The predicted molar refractivity (Wildman–Crippen MR) is 135 cm³/mol. The molecule has 0 aromatic rings. The van der Waals surface area contributed by atoms with Crippen LogP contribution in [0.1, 0.15) is 86.5 Å². The lowest BCUT2D eigenvalue weighted by Gasteiger charge is -2.61. The zero-order valence-corrected chi connectivity index (χ0v) is 22.8. The molecule has 1 saturated heterocycles. The first-order valence-electron chi connectivity index (χ1n) is 13.4. The second-order valence-corrected chi connectivity index (χ2v) is 11.5. The molecule has 1 aliphatic heterocycles. The summed E-state index contributed by atoms with van der Waals surface area (Å²) in [5, 5.41) is 0. The smallest absolute Gasteiger partial charge is 0.308 e. The Hall–Kier alpha value is -2.15. The van der Waals surface area contributed by atoms with E-state index in [-0.39, 0.29) is 35.2 Å². The first-order chi connectivity index (χ1) is 16.9. The fourth-order valence-electron chi connectivity index (χ4n) is 6.94. The van der Waals surface area contributed by atoms with Crippen molar-refractivity contribution in [3.8, 4) is 0 Å². The predicted octanol–water partition coefficient (Wildman–Crippen LogP) is 5.72. The highest BCUT2D eigenvalue weighted by atomic mass is 16.8. The van der Waals surface area contributed by atoms with Crippen LogP contribution in [0.15, 0.2) is 24.8 Å². The molecule has 2 aliphatic carbocycles. The highest BCUT2D eigenvalue weighted by molar-refractivity contribution is 5.72. The average molecular weight is 505 g/mol. The Kier molecular flexibility index (Phi) is 8.74. The molecule has 1 spiro atoms. The minimum atomic E-state index is -0.861. The number of carbonyl (C=O) groups is 3. The number of carbonyl (C=O) groups excluding carboxylic acids is 3. The fraction of sp³-hybridized carbons (Fsp3) is 0.759. The van der Waals surface area contributed by atoms with E-state index < -0.39 is 29.9 Å². The van der Waals surface area contributed by atoms with Gasteiger partial charge in [-0.15, -0.1) is 0 Å². The quantitative estimate of drug-likeness (QED) is 0.225. The number of allylic oxidation sites excluding steroid dienone is 2. The molecule has 9 unspecified atom stereocenters. The van der Waals surface area contributed by atoms with E-state index in [2.05, 4.69) is 27.0 Å². The zero-order chi connectivity index (χ0) is 26.8. The Bertz CT molecular complexity index is 881. The molecule has 2 saturated carbocycles. The van der Waals surface area contributed by atoms with Crippen molar-refractivity contribution in [3.63, 3.8) is 0 Å². The van der Waals surface area contributed by atoms with E-state index in [1.807, 2.05) is 13.8 Å². The van der Waals surface area contributed by atoms with Gasteiger partial charge in [0.15, 0.2) is 0 Å². The number of esters is 3. The minimum Gasteiger partial charge on any atom is -0.462 e. The maximum Gasteiger partial charge on any atom is 0.308 e. The van der Waals surface area contributed by atoms with Crippen LogP contribution in [-0.2, 0) is 33.3 Å². The largest absolute Gasteiger partial charge is 0.462 e. The molecule has 9 atom stereocenters. The van der Waals surface area contributed by atoms with Gasteiger partial charge in [-0.25, -0.2) is 0 Å². The van der Waals surface area contributed by atoms with Crippen LogP contribution in [0, 0.1) is 34.5 Å². The number of hydrogen-bond acceptors (Lipinski definition) is 7. The van der Waals surface area contributed by atoms with Gasteiger partial charge in [0, 0.05) is 25.2 Å². The Morgan fingerprint density at radius 1 is 1.14 bits per heavy atom. The van der Waals surface area contributed by atoms with Crippen LogP contribution in [-0.4, -0.2) is 36.6 Å². The van der Waals surface area contributed by atoms with Gasteiger partial charge in [0.25, 0.3) is 0 Å². The van der Waals surface area contributed by atoms with Crippen LogP contribution < -0.4 is 0 Å². The summed E-state index contributed by atoms with van der Waals surface area (Å²) in [4.78, 5) is 37.0. The van der Waals surface area contributed by atoms with E-state index in [0.717, 1.165) is 31.3 Å². The SMILES string of the molecule is C=CC(=C)CCC1(C)C(C)CCC23C(OC(C)=O)OC(OC(C)=O)C2CC(OC(=O)C(C)CC)CC13. The van der Waals surface area contributed by atoms with Crippen molar-refractivity contribution in [2.75, 3.05) is 0 Å². The summed E-state index contributed by atoms with van der Waals surface area (Å²) in [5.41, 5.74) is 0.269. The van der Waals surface area contributed by atoms with Crippen LogP contribution in [0.3, 0.4) is 0 Å². The molecule has 3 fully saturated rings. The van der Waals surface area contributed by atoms with Crippen LogP contribution in [0.5, 0.6) is 0 Å². The van der Waals surface area contributed by atoms with Crippen molar-refractivity contribution in [2.24, 2.45) is 34.5 Å². The normalized spacial score (nSPS) is 38.2. The molecule has 7 heteroatoms. The van der Waals surface area contributed by atoms with Gasteiger partial charge in [-0.3, -0.25) is 14.4 Å². The van der Waals surface area contributed by atoms with E-state index >= 15 is 0 Å². The van der Waals surface area contributed by atoms with Gasteiger partial charge in [-0.2, -0.15) is 0 Å². The lowest BCUT2D eigenvalue weighted by atomic mass is 9.43. The van der Waals surface area contributed by atoms with Gasteiger partial charge in [-0.05, 0) is 62.2 Å². The standard InChI is InChI=1S/C29H44O7/c1-9-17(3)11-13-28(8)19(5)12-14-29-23(26(33-20(6)30)36-27(29)34-21(7)31)15-22(16-24(28)29)35-25(32)18(4)10-2/h9,18-19,22-24,26-27H,1,3,10-16H2,2,4-8H3. The summed E-state index contributed by atoms with van der Waals surface area (Å²) in [6, 6.07) is 0. The van der Waals surface area contributed by atoms with Gasteiger partial charge in [0.1, 0.15) is 6.10 Å². The second-order valence-electron chi connectivity index (χ2n) is 11.5. The van der Waals surface area contributed by atoms with E-state index in [9.17, 15) is 14.4 Å². The molecular formula is C29H44O7. The molecule has 7 nitrogen and oxygen atoms in total. The minimum absolute atomic E-state index is 0.0183. The van der Waals surface area contributed by atoms with Gasteiger partial charge >= 0.3 is 17.9 Å². The molecule has 3 rings (SSSR count). The maximum atomic E-state index is 12.8. The van der Waals surface area contributed by atoms with E-state index in [1.165, 1.54) is 13.8 Å². The third kappa shape index (κ3) is 5.27. The van der Waals surface area contributed by atoms with E-state index in [1.54, 1.807) is 6.08 Å². The van der Waals surface area contributed by atoms with Crippen molar-refractivity contribution in [1.82, 2.24) is 0 Å². The molecular weight excluding hydrogens is 460 g/mol. The molecule has 202 valence electrons. The van der Waals surface area contributed by atoms with Gasteiger partial charge in [0.2, 0.25) is 12.6 Å². The Balaban J connectivity index is 2.08. The molecule has 1 heterocycles. The molecule has 0 amide bonds. The monoisotopic (exact) mass is 504 g/mol. The van der Waals surface area contributed by atoms with Crippen molar-refractivity contribution >= 4 is 17.9 Å². The van der Waals surface area contributed by atoms with Crippen LogP contribution >= 0.6 is 0 Å². The Labute approximate surface area is 215 Å². The third-order valence-corrected chi connectivity index (χ3v) is 9.44. The summed E-state index contributed by atoms with van der Waals surface area (Å²) < 4.78 is 23.7. The Morgan fingerprint density at radius 2 is 1.81 bits per heavy atom. The summed E-state index contributed by atoms with van der Waals surface area (Å²) in [7, 11) is 0. The third-order valence-electron chi connectivity index (χ3n) is 9.44. The van der Waals surface area contributed by atoms with E-state index in [4.69, 9.17) is 18.9 Å². The highest BCUT2D eigenvalue weighted by Crippen LogP contribution is 2.68. The molecule has 36 heavy (non-hydrogen) atoms. The van der Waals surface area contributed by atoms with Crippen molar-refractivity contribution in [3.05, 3.63) is 24.8 Å². The second kappa shape index (κ2) is 11.1. The summed E-state index contributed by atoms with van der Waals surface area (Å²) in [6.07, 6.45) is 5.00. The van der Waals surface area contributed by atoms with Crippen molar-refractivity contribution in [1.29, 1.82) is 0 Å². The number of rotatable bonds is 9. The topological polar surface area (TPSA) is 88.1 Å². The molecule has 0 bridgehead atoms. The molecule has 0 radical (unpaired) electrons. The molecule has 3 aliphatic rings. The lowest BCUT2D eigenvalue weighted by Crippen LogP contribution is -2.60. The average Bonchev–Trinajstić information content (AvgIpc) is 3.10. The van der Waals surface area contributed by atoms with Crippen LogP contribution in [0.4, 0.5) is 0 Å². The molecule has 0 aromatic heterocycles. The zero-order valence-electron chi connectivity index (χ0n) is 22.8. The van der Waals surface area contributed by atoms with Crippen molar-refractivity contribution in [2.45, 2.75) is 105 Å². The van der Waals surface area contributed by atoms with Gasteiger partial charge < -0.3 is 18.9 Å². The first-order valence-corrected chi connectivity index (χ1v) is 13.4. The number of hydrogen-bond donors (Lipinski definition) is 0. The number of ether oxygens (including phenoxy) is 4. The van der Waals surface area contributed by atoms with Crippen LogP contribution in [0.2, 0.25) is 0 Å². The fourth-order valence-corrected chi connectivity index (χ4v) is 6.94. The van der Waals surface area contributed by atoms with Crippen LogP contribution in [0.25, 0.3) is 0 Å². The van der Waals surface area contributed by atoms with Gasteiger partial charge in [0.05, 0.1) is 5.92 Å². The highest BCUT2D eigenvalue weighted by Gasteiger charge is 2.70. The Morgan fingerprint density at radius 3 is 2.39 bits per heavy atom. The lowest BCUT2D eigenvalue weighted by molar-refractivity contribution is -0.238. The van der Waals surface area contributed by atoms with E-state index in [0.29, 0.717) is 25.2 Å². The van der Waals surface area contributed by atoms with Gasteiger partial charge in [-0.1, -0.05) is 52.5 Å². The summed E-state index contributed by atoms with van der Waals surface area (Å²) in [6.45, 7) is 19.1. The van der Waals surface area contributed by atoms with Crippen molar-refractivity contribution < 1.29 is 33.3 Å². The summed E-state index contributed by atoms with van der Waals surface area (Å²) >= 11 is 0. The summed E-state index contributed by atoms with van der Waals surface area (Å²) in [5.74, 6) is -1.15. The molecule has 0 N–H and O–H groups in total.